The summed E-state index contributed by atoms with van der Waals surface area (Å²) in [7, 11) is 0. The van der Waals surface area contributed by atoms with Crippen LogP contribution in [0.2, 0.25) is 0 Å². The molecule has 0 aromatic heterocycles. The number of amides is 1. The van der Waals surface area contributed by atoms with Gasteiger partial charge in [0.2, 0.25) is 6.10 Å². The minimum absolute atomic E-state index is 0.151. The van der Waals surface area contributed by atoms with Crippen LogP contribution in [0, 0.1) is 0 Å². The molecule has 0 aliphatic carbocycles. The highest BCUT2D eigenvalue weighted by Gasteiger charge is 2.26. The maximum atomic E-state index is 12.4. The fourth-order valence-electron chi connectivity index (χ4n) is 3.59. The van der Waals surface area contributed by atoms with Gasteiger partial charge in [-0.3, -0.25) is 9.69 Å². The van der Waals surface area contributed by atoms with Crippen molar-refractivity contribution >= 4 is 5.91 Å². The van der Waals surface area contributed by atoms with Crippen molar-refractivity contribution in [3.8, 4) is 11.5 Å². The molecule has 2 aliphatic heterocycles. The van der Waals surface area contributed by atoms with E-state index in [0.717, 1.165) is 12.1 Å². The van der Waals surface area contributed by atoms with E-state index in [1.54, 1.807) is 0 Å². The molecule has 4 rings (SSSR count). The summed E-state index contributed by atoms with van der Waals surface area (Å²) in [5.74, 6) is 1.15. The average Bonchev–Trinajstić information content (AvgIpc) is 2.73. The first kappa shape index (κ1) is 17.9. The van der Waals surface area contributed by atoms with E-state index in [1.807, 2.05) is 24.3 Å². The first-order valence-electron chi connectivity index (χ1n) is 9.74. The number of carbonyl (C=O) groups is 1. The van der Waals surface area contributed by atoms with Gasteiger partial charge in [-0.15, -0.1) is 0 Å². The highest BCUT2D eigenvalue weighted by Crippen LogP contribution is 2.30. The van der Waals surface area contributed by atoms with Crippen LogP contribution in [0.1, 0.15) is 30.4 Å². The van der Waals surface area contributed by atoms with Gasteiger partial charge in [0.1, 0.15) is 6.61 Å². The van der Waals surface area contributed by atoms with Crippen molar-refractivity contribution in [1.82, 2.24) is 10.2 Å². The first-order valence-corrected chi connectivity index (χ1v) is 9.74. The Morgan fingerprint density at radius 2 is 1.67 bits per heavy atom. The molecule has 5 heteroatoms. The highest BCUT2D eigenvalue weighted by molar-refractivity contribution is 5.81. The van der Waals surface area contributed by atoms with E-state index in [9.17, 15) is 4.79 Å². The second-order valence-electron chi connectivity index (χ2n) is 7.24. The molecular formula is C22H26N2O3. The molecule has 0 unspecified atom stereocenters. The minimum atomic E-state index is -0.613. The lowest BCUT2D eigenvalue weighted by molar-refractivity contribution is -0.130. The van der Waals surface area contributed by atoms with Gasteiger partial charge in [0, 0.05) is 13.1 Å². The molecular weight excluding hydrogens is 340 g/mol. The molecule has 0 spiro atoms. The van der Waals surface area contributed by atoms with Gasteiger partial charge in [0.05, 0.1) is 0 Å². The van der Waals surface area contributed by atoms with Gasteiger partial charge in [-0.2, -0.15) is 0 Å². The SMILES string of the molecule is O=C(NCc1ccc(CN2CCCCC2)cc1)[C@H]1COc2ccccc2O1. The van der Waals surface area contributed by atoms with Crippen LogP contribution in [0.5, 0.6) is 11.5 Å². The molecule has 1 fully saturated rings. The summed E-state index contributed by atoms with van der Waals surface area (Å²) >= 11 is 0. The average molecular weight is 366 g/mol. The lowest BCUT2D eigenvalue weighted by Crippen LogP contribution is -2.43. The van der Waals surface area contributed by atoms with Crippen molar-refractivity contribution in [3.63, 3.8) is 0 Å². The summed E-state index contributed by atoms with van der Waals surface area (Å²) in [5.41, 5.74) is 2.41. The molecule has 5 nitrogen and oxygen atoms in total. The van der Waals surface area contributed by atoms with E-state index < -0.39 is 6.10 Å². The monoisotopic (exact) mass is 366 g/mol. The largest absolute Gasteiger partial charge is 0.485 e. The summed E-state index contributed by atoms with van der Waals surface area (Å²) in [6, 6.07) is 15.9. The molecule has 142 valence electrons. The smallest absolute Gasteiger partial charge is 0.264 e. The van der Waals surface area contributed by atoms with Gasteiger partial charge < -0.3 is 14.8 Å². The number of piperidine rings is 1. The van der Waals surface area contributed by atoms with Crippen LogP contribution >= 0.6 is 0 Å². The van der Waals surface area contributed by atoms with E-state index in [2.05, 4.69) is 34.5 Å². The Kier molecular flexibility index (Phi) is 5.58. The van der Waals surface area contributed by atoms with E-state index in [-0.39, 0.29) is 12.5 Å². The molecule has 1 saturated heterocycles. The number of benzene rings is 2. The number of para-hydroxylation sites is 2. The van der Waals surface area contributed by atoms with Crippen LogP contribution in [0.25, 0.3) is 0 Å². The van der Waals surface area contributed by atoms with E-state index >= 15 is 0 Å². The third-order valence-corrected chi connectivity index (χ3v) is 5.15. The molecule has 1 amide bonds. The predicted molar refractivity (Wildman–Crippen MR) is 104 cm³/mol. The maximum Gasteiger partial charge on any atom is 0.264 e. The summed E-state index contributed by atoms with van der Waals surface area (Å²) < 4.78 is 11.3. The zero-order chi connectivity index (χ0) is 18.5. The second-order valence-corrected chi connectivity index (χ2v) is 7.24. The minimum Gasteiger partial charge on any atom is -0.485 e. The Bertz CT molecular complexity index is 769. The van der Waals surface area contributed by atoms with Gasteiger partial charge >= 0.3 is 0 Å². The Morgan fingerprint density at radius 3 is 2.44 bits per heavy atom. The van der Waals surface area contributed by atoms with Crippen molar-refractivity contribution in [2.75, 3.05) is 19.7 Å². The lowest BCUT2D eigenvalue weighted by Gasteiger charge is -2.26. The lowest BCUT2D eigenvalue weighted by atomic mass is 10.1. The Balaban J connectivity index is 1.26. The molecule has 2 aromatic carbocycles. The molecule has 2 aromatic rings. The van der Waals surface area contributed by atoms with E-state index in [4.69, 9.17) is 9.47 Å². The zero-order valence-corrected chi connectivity index (χ0v) is 15.5. The normalized spacial score (nSPS) is 19.5. The van der Waals surface area contributed by atoms with Crippen LogP contribution in [0.3, 0.4) is 0 Å². The first-order chi connectivity index (χ1) is 13.3. The zero-order valence-electron chi connectivity index (χ0n) is 15.5. The van der Waals surface area contributed by atoms with Gasteiger partial charge in [0.25, 0.3) is 5.91 Å². The third-order valence-electron chi connectivity index (χ3n) is 5.15. The predicted octanol–water partition coefficient (Wildman–Crippen LogP) is 3.13. The number of rotatable bonds is 5. The highest BCUT2D eigenvalue weighted by atomic mass is 16.6. The summed E-state index contributed by atoms with van der Waals surface area (Å²) in [4.78, 5) is 14.9. The number of hydrogen-bond acceptors (Lipinski definition) is 4. The fourth-order valence-corrected chi connectivity index (χ4v) is 3.59. The summed E-state index contributed by atoms with van der Waals surface area (Å²) in [6.07, 6.45) is 3.36. The number of hydrogen-bond donors (Lipinski definition) is 1. The number of likely N-dealkylation sites (tertiary alicyclic amines) is 1. The molecule has 1 atom stereocenters. The number of carbonyl (C=O) groups excluding carboxylic acids is 1. The molecule has 0 radical (unpaired) electrons. The summed E-state index contributed by atoms with van der Waals surface area (Å²) in [6.45, 7) is 4.13. The number of nitrogens with one attached hydrogen (secondary N) is 1. The van der Waals surface area contributed by atoms with Gasteiger partial charge in [-0.25, -0.2) is 0 Å². The van der Waals surface area contributed by atoms with Crippen LogP contribution < -0.4 is 14.8 Å². The topological polar surface area (TPSA) is 50.8 Å². The van der Waals surface area contributed by atoms with E-state index in [1.165, 1.54) is 37.9 Å². The molecule has 2 heterocycles. The van der Waals surface area contributed by atoms with Crippen molar-refractivity contribution in [2.45, 2.75) is 38.5 Å². The molecule has 0 saturated carbocycles. The van der Waals surface area contributed by atoms with Crippen LogP contribution in [0.4, 0.5) is 0 Å². The second kappa shape index (κ2) is 8.44. The van der Waals surface area contributed by atoms with Gasteiger partial charge in [-0.05, 0) is 49.2 Å². The number of nitrogens with zero attached hydrogens (tertiary/aromatic N) is 1. The summed E-state index contributed by atoms with van der Waals surface area (Å²) in [5, 5.41) is 2.95. The number of ether oxygens (including phenoxy) is 2. The van der Waals surface area contributed by atoms with Gasteiger partial charge in [0.15, 0.2) is 11.5 Å². The van der Waals surface area contributed by atoms with E-state index in [0.29, 0.717) is 18.0 Å². The van der Waals surface area contributed by atoms with Crippen LogP contribution in [0.15, 0.2) is 48.5 Å². The van der Waals surface area contributed by atoms with Crippen molar-refractivity contribution in [3.05, 3.63) is 59.7 Å². The Labute approximate surface area is 160 Å². The standard InChI is InChI=1S/C22H26N2O3/c25-22(21-16-26-19-6-2-3-7-20(19)27-21)23-14-17-8-10-18(11-9-17)15-24-12-4-1-5-13-24/h2-3,6-11,21H,1,4-5,12-16H2,(H,23,25)/t21-/m1/s1. The number of fused-ring (bicyclic) bond motifs is 1. The molecule has 27 heavy (non-hydrogen) atoms. The fraction of sp³-hybridized carbons (Fsp3) is 0.409. The Hall–Kier alpha value is -2.53. The van der Waals surface area contributed by atoms with Crippen LogP contribution in [-0.4, -0.2) is 36.6 Å². The quantitative estimate of drug-likeness (QED) is 0.883. The van der Waals surface area contributed by atoms with Crippen molar-refractivity contribution < 1.29 is 14.3 Å². The maximum absolute atomic E-state index is 12.4. The van der Waals surface area contributed by atoms with Gasteiger partial charge in [-0.1, -0.05) is 42.8 Å². The van der Waals surface area contributed by atoms with Crippen molar-refractivity contribution in [2.24, 2.45) is 0 Å². The molecule has 0 bridgehead atoms. The Morgan fingerprint density at radius 1 is 0.963 bits per heavy atom. The van der Waals surface area contributed by atoms with Crippen LogP contribution in [-0.2, 0) is 17.9 Å². The van der Waals surface area contributed by atoms with Crippen molar-refractivity contribution in [1.29, 1.82) is 0 Å². The molecule has 2 aliphatic rings. The molecule has 1 N–H and O–H groups in total. The third kappa shape index (κ3) is 4.61.